The second-order valence-corrected chi connectivity index (χ2v) is 8.05. The van der Waals surface area contributed by atoms with Crippen molar-refractivity contribution in [3.05, 3.63) is 41.6 Å². The minimum absolute atomic E-state index is 0.120. The number of halogens is 3. The van der Waals surface area contributed by atoms with Crippen LogP contribution in [-0.2, 0) is 16.0 Å². The van der Waals surface area contributed by atoms with E-state index in [-0.39, 0.29) is 16.7 Å². The Kier molecular flexibility index (Phi) is 5.45. The van der Waals surface area contributed by atoms with Crippen LogP contribution in [0.1, 0.15) is 24.2 Å². The van der Waals surface area contributed by atoms with Crippen LogP contribution in [0.2, 0.25) is 0 Å². The first kappa shape index (κ1) is 20.0. The topological polar surface area (TPSA) is 75.2 Å². The predicted octanol–water partition coefficient (Wildman–Crippen LogP) is 3.14. The minimum Gasteiger partial charge on any atom is -0.363 e. The van der Waals surface area contributed by atoms with Crippen LogP contribution in [0.25, 0.3) is 0 Å². The van der Waals surface area contributed by atoms with Crippen LogP contribution in [0.4, 0.5) is 24.9 Å². The molecule has 142 valence electrons. The zero-order valence-corrected chi connectivity index (χ0v) is 15.5. The lowest BCUT2D eigenvalue weighted by molar-refractivity contribution is -0.141. The lowest BCUT2D eigenvalue weighted by atomic mass is 10.1. The van der Waals surface area contributed by atoms with Gasteiger partial charge in [-0.15, -0.1) is 0 Å². The van der Waals surface area contributed by atoms with E-state index >= 15 is 0 Å². The van der Waals surface area contributed by atoms with Crippen LogP contribution < -0.4 is 10.2 Å². The Morgan fingerprint density at radius 2 is 1.69 bits per heavy atom. The molecule has 1 heterocycles. The standard InChI is InChI=1S/C16H19F3N4O2S/c1-10(11-5-7-12(8-6-11)26(4,24)25)20-15-21-13(16(17,18)19)9-14(22-15)23(2)3/h5-10H,1-4H3,(H,20,21,22). The highest BCUT2D eigenvalue weighted by atomic mass is 32.2. The highest BCUT2D eigenvalue weighted by Gasteiger charge is 2.34. The molecule has 2 rings (SSSR count). The third-order valence-corrected chi connectivity index (χ3v) is 4.74. The Balaban J connectivity index is 2.30. The molecule has 0 radical (unpaired) electrons. The summed E-state index contributed by atoms with van der Waals surface area (Å²) in [5, 5.41) is 2.83. The largest absolute Gasteiger partial charge is 0.433 e. The fourth-order valence-electron chi connectivity index (χ4n) is 2.15. The molecule has 0 saturated carbocycles. The average molecular weight is 388 g/mol. The van der Waals surface area contributed by atoms with E-state index in [0.29, 0.717) is 5.56 Å². The number of rotatable bonds is 5. The Bertz CT molecular complexity index is 881. The van der Waals surface area contributed by atoms with Crippen molar-refractivity contribution in [1.82, 2.24) is 9.97 Å². The number of nitrogens with zero attached hydrogens (tertiary/aromatic N) is 3. The molecular weight excluding hydrogens is 369 g/mol. The van der Waals surface area contributed by atoms with E-state index in [9.17, 15) is 21.6 Å². The first-order chi connectivity index (χ1) is 11.9. The molecule has 6 nitrogen and oxygen atoms in total. The molecule has 1 aromatic heterocycles. The van der Waals surface area contributed by atoms with Gasteiger partial charge in [0.1, 0.15) is 5.82 Å². The third-order valence-electron chi connectivity index (χ3n) is 3.62. The maximum Gasteiger partial charge on any atom is 0.433 e. The highest BCUT2D eigenvalue weighted by molar-refractivity contribution is 7.90. The number of sulfone groups is 1. The van der Waals surface area contributed by atoms with Gasteiger partial charge in [0, 0.05) is 26.4 Å². The average Bonchev–Trinajstić information content (AvgIpc) is 2.53. The van der Waals surface area contributed by atoms with Gasteiger partial charge >= 0.3 is 6.18 Å². The summed E-state index contributed by atoms with van der Waals surface area (Å²) >= 11 is 0. The van der Waals surface area contributed by atoms with Crippen molar-refractivity contribution in [1.29, 1.82) is 0 Å². The zero-order chi connectivity index (χ0) is 19.7. The van der Waals surface area contributed by atoms with Crippen molar-refractivity contribution in [3.8, 4) is 0 Å². The number of alkyl halides is 3. The smallest absolute Gasteiger partial charge is 0.363 e. The molecule has 0 spiro atoms. The third kappa shape index (κ3) is 4.84. The van der Waals surface area contributed by atoms with E-state index in [2.05, 4.69) is 15.3 Å². The van der Waals surface area contributed by atoms with E-state index < -0.39 is 27.7 Å². The van der Waals surface area contributed by atoms with Gasteiger partial charge in [-0.1, -0.05) is 12.1 Å². The quantitative estimate of drug-likeness (QED) is 0.848. The zero-order valence-electron chi connectivity index (χ0n) is 14.7. The summed E-state index contributed by atoms with van der Waals surface area (Å²) in [6.45, 7) is 1.72. The van der Waals surface area contributed by atoms with Crippen LogP contribution in [0.5, 0.6) is 0 Å². The van der Waals surface area contributed by atoms with E-state index in [1.807, 2.05) is 0 Å². The molecule has 0 saturated heterocycles. The molecule has 0 aliphatic rings. The lowest BCUT2D eigenvalue weighted by Gasteiger charge is -2.19. The van der Waals surface area contributed by atoms with E-state index in [0.717, 1.165) is 12.3 Å². The predicted molar refractivity (Wildman–Crippen MR) is 93.0 cm³/mol. The van der Waals surface area contributed by atoms with Crippen LogP contribution >= 0.6 is 0 Å². The van der Waals surface area contributed by atoms with Crippen molar-refractivity contribution in [2.75, 3.05) is 30.6 Å². The molecule has 26 heavy (non-hydrogen) atoms. The normalized spacial score (nSPS) is 13.3. The second-order valence-electron chi connectivity index (χ2n) is 6.03. The van der Waals surface area contributed by atoms with Gasteiger partial charge < -0.3 is 10.2 Å². The van der Waals surface area contributed by atoms with Gasteiger partial charge in [-0.3, -0.25) is 0 Å². The fraction of sp³-hybridized carbons (Fsp3) is 0.375. The molecule has 1 atom stereocenters. The van der Waals surface area contributed by atoms with Gasteiger partial charge in [0.25, 0.3) is 0 Å². The Hall–Kier alpha value is -2.36. The summed E-state index contributed by atoms with van der Waals surface area (Å²) in [4.78, 5) is 9.23. The lowest BCUT2D eigenvalue weighted by Crippen LogP contribution is -2.18. The molecule has 10 heteroatoms. The summed E-state index contributed by atoms with van der Waals surface area (Å²) in [6, 6.07) is 6.52. The molecule has 0 aliphatic heterocycles. The SMILES string of the molecule is CC(Nc1nc(N(C)C)cc(C(F)(F)F)n1)c1ccc(S(C)(=O)=O)cc1. The van der Waals surface area contributed by atoms with E-state index in [1.165, 1.54) is 17.0 Å². The van der Waals surface area contributed by atoms with Crippen molar-refractivity contribution in [3.63, 3.8) is 0 Å². The highest BCUT2D eigenvalue weighted by Crippen LogP contribution is 2.31. The maximum absolute atomic E-state index is 13.0. The van der Waals surface area contributed by atoms with Gasteiger partial charge in [0.05, 0.1) is 10.9 Å². The molecular formula is C16H19F3N4O2S. The molecule has 0 fully saturated rings. The minimum atomic E-state index is -4.59. The van der Waals surface area contributed by atoms with Crippen LogP contribution in [0, 0.1) is 0 Å². The number of benzene rings is 1. The number of hydrogen-bond acceptors (Lipinski definition) is 6. The first-order valence-electron chi connectivity index (χ1n) is 7.58. The van der Waals surface area contributed by atoms with Crippen molar-refractivity contribution in [2.45, 2.75) is 24.0 Å². The Morgan fingerprint density at radius 3 is 2.15 bits per heavy atom. The van der Waals surface area contributed by atoms with Crippen molar-refractivity contribution in [2.24, 2.45) is 0 Å². The number of anilines is 2. The van der Waals surface area contributed by atoms with Crippen molar-refractivity contribution >= 4 is 21.6 Å². The summed E-state index contributed by atoms with van der Waals surface area (Å²) in [5.74, 6) is -0.0438. The van der Waals surface area contributed by atoms with E-state index in [1.54, 1.807) is 33.2 Å². The number of nitrogens with one attached hydrogen (secondary N) is 1. The molecule has 0 aliphatic carbocycles. The summed E-state index contributed by atoms with van der Waals surface area (Å²) < 4.78 is 62.1. The summed E-state index contributed by atoms with van der Waals surface area (Å²) in [7, 11) is -0.151. The summed E-state index contributed by atoms with van der Waals surface area (Å²) in [6.07, 6.45) is -3.49. The van der Waals surface area contributed by atoms with Crippen LogP contribution in [-0.4, -0.2) is 38.7 Å². The number of aromatic nitrogens is 2. The van der Waals surface area contributed by atoms with Gasteiger partial charge in [0.2, 0.25) is 5.95 Å². The fourth-order valence-corrected chi connectivity index (χ4v) is 2.78. The molecule has 0 amide bonds. The molecule has 1 aromatic carbocycles. The first-order valence-corrected chi connectivity index (χ1v) is 9.47. The van der Waals surface area contributed by atoms with Gasteiger partial charge in [-0.2, -0.15) is 18.2 Å². The Morgan fingerprint density at radius 1 is 1.12 bits per heavy atom. The number of hydrogen-bond donors (Lipinski definition) is 1. The van der Waals surface area contributed by atoms with Crippen LogP contribution in [0.15, 0.2) is 35.2 Å². The van der Waals surface area contributed by atoms with Crippen LogP contribution in [0.3, 0.4) is 0 Å². The van der Waals surface area contributed by atoms with Gasteiger partial charge in [-0.25, -0.2) is 13.4 Å². The second kappa shape index (κ2) is 7.10. The summed E-state index contributed by atoms with van der Waals surface area (Å²) in [5.41, 5.74) is -0.358. The van der Waals surface area contributed by atoms with Gasteiger partial charge in [0.15, 0.2) is 15.5 Å². The molecule has 2 aromatic rings. The monoisotopic (exact) mass is 388 g/mol. The maximum atomic E-state index is 13.0. The molecule has 1 N–H and O–H groups in total. The molecule has 0 bridgehead atoms. The van der Waals surface area contributed by atoms with Crippen molar-refractivity contribution < 1.29 is 21.6 Å². The van der Waals surface area contributed by atoms with E-state index in [4.69, 9.17) is 0 Å². The molecule has 1 unspecified atom stereocenters. The van der Waals surface area contributed by atoms with Gasteiger partial charge in [-0.05, 0) is 24.6 Å². The Labute approximate surface area is 150 Å².